The average Bonchev–Trinajstić information content (AvgIpc) is 2.51. The minimum atomic E-state index is 0.455. The second-order valence-corrected chi connectivity index (χ2v) is 5.28. The molecule has 0 aliphatic heterocycles. The van der Waals surface area contributed by atoms with Gasteiger partial charge in [0.1, 0.15) is 5.75 Å². The molecule has 2 rings (SSSR count). The molecule has 0 aliphatic carbocycles. The van der Waals surface area contributed by atoms with Gasteiger partial charge in [-0.2, -0.15) is 5.10 Å². The van der Waals surface area contributed by atoms with Crippen LogP contribution in [0.4, 0.5) is 5.69 Å². The predicted octanol–water partition coefficient (Wildman–Crippen LogP) is 3.63. The number of ether oxygens (including phenoxy) is 1. The third-order valence-corrected chi connectivity index (χ3v) is 3.39. The third kappa shape index (κ3) is 4.30. The molecule has 2 aromatic carbocycles. The summed E-state index contributed by atoms with van der Waals surface area (Å²) in [5.41, 5.74) is 7.04. The van der Waals surface area contributed by atoms with E-state index in [1.165, 1.54) is 0 Å². The number of anilines is 1. The number of benzene rings is 2. The number of nitrogens with zero attached hydrogens (tertiary/aromatic N) is 1. The molecule has 0 spiro atoms. The van der Waals surface area contributed by atoms with Crippen LogP contribution in [0.1, 0.15) is 16.7 Å². The highest BCUT2D eigenvalue weighted by Gasteiger charge is 2.03. The van der Waals surface area contributed by atoms with Crippen molar-refractivity contribution in [2.75, 3.05) is 12.4 Å². The molecule has 2 N–H and O–H groups in total. The molecular formula is C17H19N3OS. The maximum absolute atomic E-state index is 5.26. The molecule has 0 atom stereocenters. The molecular weight excluding hydrogens is 294 g/mol. The Kier molecular flexibility index (Phi) is 5.49. The summed E-state index contributed by atoms with van der Waals surface area (Å²) in [4.78, 5) is 0. The second kappa shape index (κ2) is 7.56. The second-order valence-electron chi connectivity index (χ2n) is 4.87. The van der Waals surface area contributed by atoms with Gasteiger partial charge in [-0.05, 0) is 54.9 Å². The van der Waals surface area contributed by atoms with Crippen LogP contribution in [0.5, 0.6) is 5.75 Å². The summed E-state index contributed by atoms with van der Waals surface area (Å²) in [5, 5.41) is 7.76. The Morgan fingerprint density at radius 3 is 2.50 bits per heavy atom. The van der Waals surface area contributed by atoms with Crippen LogP contribution < -0.4 is 15.5 Å². The van der Waals surface area contributed by atoms with Crippen molar-refractivity contribution in [1.82, 2.24) is 5.43 Å². The van der Waals surface area contributed by atoms with E-state index in [4.69, 9.17) is 17.0 Å². The summed E-state index contributed by atoms with van der Waals surface area (Å²) >= 11 is 5.26. The Morgan fingerprint density at radius 2 is 1.82 bits per heavy atom. The summed E-state index contributed by atoms with van der Waals surface area (Å²) in [5.74, 6) is 0.792. The fourth-order valence-corrected chi connectivity index (χ4v) is 2.20. The van der Waals surface area contributed by atoms with Gasteiger partial charge in [-0.25, -0.2) is 0 Å². The summed E-state index contributed by atoms with van der Waals surface area (Å²) < 4.78 is 5.17. The molecule has 0 aromatic heterocycles. The van der Waals surface area contributed by atoms with Crippen LogP contribution in [0, 0.1) is 13.8 Å². The van der Waals surface area contributed by atoms with E-state index < -0.39 is 0 Å². The van der Waals surface area contributed by atoms with Crippen LogP contribution in [0.2, 0.25) is 0 Å². The number of methoxy groups -OCH3 is 1. The van der Waals surface area contributed by atoms with Crippen molar-refractivity contribution < 1.29 is 4.74 Å². The Hall–Kier alpha value is -2.40. The Balaban J connectivity index is 1.96. The zero-order valence-electron chi connectivity index (χ0n) is 12.9. The topological polar surface area (TPSA) is 45.6 Å². The van der Waals surface area contributed by atoms with E-state index in [0.717, 1.165) is 28.1 Å². The Labute approximate surface area is 136 Å². The fourth-order valence-electron chi connectivity index (χ4n) is 2.04. The van der Waals surface area contributed by atoms with E-state index in [2.05, 4.69) is 15.8 Å². The molecule has 0 fully saturated rings. The molecule has 0 radical (unpaired) electrons. The first-order chi connectivity index (χ1) is 10.6. The van der Waals surface area contributed by atoms with Gasteiger partial charge in [0, 0.05) is 5.69 Å². The molecule has 0 saturated heterocycles. The van der Waals surface area contributed by atoms with Crippen molar-refractivity contribution in [3.05, 3.63) is 59.2 Å². The first-order valence-electron chi connectivity index (χ1n) is 6.90. The standard InChI is InChI=1S/C17H19N3OS/c1-12-6-4-7-13(2)16(12)19-17(22)20-18-11-14-8-5-9-15(10-14)21-3/h4-11H,1-3H3,(H2,19,20,22)/b18-11-. The SMILES string of the molecule is COc1cccc(/C=N\NC(=S)Nc2c(C)cccc2C)c1. The lowest BCUT2D eigenvalue weighted by Gasteiger charge is -2.12. The van der Waals surface area contributed by atoms with Crippen molar-refractivity contribution in [2.24, 2.45) is 5.10 Å². The Bertz CT molecular complexity index is 678. The van der Waals surface area contributed by atoms with Gasteiger partial charge < -0.3 is 10.1 Å². The fraction of sp³-hybridized carbons (Fsp3) is 0.176. The van der Waals surface area contributed by atoms with Crippen molar-refractivity contribution in [3.63, 3.8) is 0 Å². The highest BCUT2D eigenvalue weighted by Crippen LogP contribution is 2.19. The molecule has 0 aliphatic rings. The van der Waals surface area contributed by atoms with E-state index in [1.54, 1.807) is 13.3 Å². The van der Waals surface area contributed by atoms with Crippen LogP contribution in [0.15, 0.2) is 47.6 Å². The third-order valence-electron chi connectivity index (χ3n) is 3.19. The van der Waals surface area contributed by atoms with Crippen molar-refractivity contribution in [1.29, 1.82) is 0 Å². The summed E-state index contributed by atoms with van der Waals surface area (Å²) in [7, 11) is 1.64. The molecule has 0 bridgehead atoms. The van der Waals surface area contributed by atoms with Crippen LogP contribution in [0.25, 0.3) is 0 Å². The maximum Gasteiger partial charge on any atom is 0.191 e. The van der Waals surface area contributed by atoms with E-state index in [1.807, 2.05) is 56.3 Å². The quantitative estimate of drug-likeness (QED) is 0.514. The number of hydrogen-bond donors (Lipinski definition) is 2. The average molecular weight is 313 g/mol. The van der Waals surface area contributed by atoms with E-state index >= 15 is 0 Å². The van der Waals surface area contributed by atoms with Gasteiger partial charge >= 0.3 is 0 Å². The lowest BCUT2D eigenvalue weighted by molar-refractivity contribution is 0.415. The number of hydrazone groups is 1. The molecule has 5 heteroatoms. The highest BCUT2D eigenvalue weighted by molar-refractivity contribution is 7.80. The minimum absolute atomic E-state index is 0.455. The zero-order chi connectivity index (χ0) is 15.9. The van der Waals surface area contributed by atoms with Gasteiger partial charge in [0.2, 0.25) is 0 Å². The van der Waals surface area contributed by atoms with Gasteiger partial charge in [-0.3, -0.25) is 5.43 Å². The largest absolute Gasteiger partial charge is 0.497 e. The molecule has 0 heterocycles. The van der Waals surface area contributed by atoms with Crippen LogP contribution in [-0.4, -0.2) is 18.4 Å². The number of rotatable bonds is 4. The van der Waals surface area contributed by atoms with E-state index in [9.17, 15) is 0 Å². The first kappa shape index (κ1) is 16.0. The minimum Gasteiger partial charge on any atom is -0.497 e. The summed E-state index contributed by atoms with van der Waals surface area (Å²) in [6.45, 7) is 4.08. The van der Waals surface area contributed by atoms with Gasteiger partial charge in [-0.1, -0.05) is 30.3 Å². The van der Waals surface area contributed by atoms with Crippen molar-refractivity contribution in [2.45, 2.75) is 13.8 Å². The van der Waals surface area contributed by atoms with Gasteiger partial charge in [0.05, 0.1) is 13.3 Å². The van der Waals surface area contributed by atoms with Gasteiger partial charge in [0.15, 0.2) is 5.11 Å². The smallest absolute Gasteiger partial charge is 0.191 e. The molecule has 2 aromatic rings. The highest BCUT2D eigenvalue weighted by atomic mass is 32.1. The molecule has 0 saturated carbocycles. The number of thiocarbonyl (C=S) groups is 1. The Morgan fingerprint density at radius 1 is 1.14 bits per heavy atom. The number of hydrogen-bond acceptors (Lipinski definition) is 3. The lowest BCUT2D eigenvalue weighted by Crippen LogP contribution is -2.24. The summed E-state index contributed by atoms with van der Waals surface area (Å²) in [6.07, 6.45) is 1.70. The molecule has 22 heavy (non-hydrogen) atoms. The van der Waals surface area contributed by atoms with Crippen LogP contribution >= 0.6 is 12.2 Å². The van der Waals surface area contributed by atoms with Gasteiger partial charge in [-0.15, -0.1) is 0 Å². The molecule has 0 amide bonds. The summed E-state index contributed by atoms with van der Waals surface area (Å²) in [6, 6.07) is 13.7. The number of aryl methyl sites for hydroxylation is 2. The number of para-hydroxylation sites is 1. The lowest BCUT2D eigenvalue weighted by atomic mass is 10.1. The van der Waals surface area contributed by atoms with E-state index in [0.29, 0.717) is 5.11 Å². The van der Waals surface area contributed by atoms with Crippen molar-refractivity contribution in [3.8, 4) is 5.75 Å². The maximum atomic E-state index is 5.26. The zero-order valence-corrected chi connectivity index (χ0v) is 13.7. The normalized spacial score (nSPS) is 10.5. The molecule has 114 valence electrons. The van der Waals surface area contributed by atoms with Crippen LogP contribution in [-0.2, 0) is 0 Å². The number of nitrogens with one attached hydrogen (secondary N) is 2. The first-order valence-corrected chi connectivity index (χ1v) is 7.31. The molecule has 0 unspecified atom stereocenters. The monoisotopic (exact) mass is 313 g/mol. The van der Waals surface area contributed by atoms with E-state index in [-0.39, 0.29) is 0 Å². The molecule has 4 nitrogen and oxygen atoms in total. The van der Waals surface area contributed by atoms with Gasteiger partial charge in [0.25, 0.3) is 0 Å². The van der Waals surface area contributed by atoms with Crippen LogP contribution in [0.3, 0.4) is 0 Å². The van der Waals surface area contributed by atoms with Crippen molar-refractivity contribution >= 4 is 29.2 Å². The predicted molar refractivity (Wildman–Crippen MR) is 95.9 cm³/mol.